The van der Waals surface area contributed by atoms with Crippen LogP contribution < -0.4 is 11.1 Å². The minimum Gasteiger partial charge on any atom is -0.354 e. The number of amides is 3. The van der Waals surface area contributed by atoms with Crippen LogP contribution in [0.3, 0.4) is 0 Å². The minimum absolute atomic E-state index is 0. The molecule has 120 valence electrons. The lowest BCUT2D eigenvalue weighted by molar-refractivity contribution is -0.124. The zero-order valence-electron chi connectivity index (χ0n) is 12.6. The lowest BCUT2D eigenvalue weighted by Crippen LogP contribution is -2.48. The van der Waals surface area contributed by atoms with Gasteiger partial charge in [-0.2, -0.15) is 0 Å². The van der Waals surface area contributed by atoms with E-state index >= 15 is 0 Å². The van der Waals surface area contributed by atoms with Crippen LogP contribution in [0.2, 0.25) is 0 Å². The molecule has 1 heterocycles. The van der Waals surface area contributed by atoms with E-state index in [4.69, 9.17) is 5.73 Å². The first-order valence-corrected chi connectivity index (χ1v) is 6.93. The van der Waals surface area contributed by atoms with Crippen LogP contribution in [-0.4, -0.2) is 41.8 Å². The molecule has 1 aliphatic heterocycles. The zero-order valence-corrected chi connectivity index (χ0v) is 13.4. The molecule has 1 atom stereocenters. The van der Waals surface area contributed by atoms with E-state index in [0.717, 1.165) is 10.5 Å². The van der Waals surface area contributed by atoms with Crippen LogP contribution >= 0.6 is 12.4 Å². The van der Waals surface area contributed by atoms with Crippen molar-refractivity contribution in [2.24, 2.45) is 5.73 Å². The smallest absolute Gasteiger partial charge is 0.262 e. The van der Waals surface area contributed by atoms with Crippen LogP contribution in [0.1, 0.15) is 39.6 Å². The maximum absolute atomic E-state index is 12.3. The number of carbonyl (C=O) groups excluding carboxylic acids is 3. The molecule has 0 aromatic heterocycles. The number of carbonyl (C=O) groups is 3. The van der Waals surface area contributed by atoms with E-state index in [1.807, 2.05) is 6.92 Å². The Kier molecular flexibility index (Phi) is 6.08. The van der Waals surface area contributed by atoms with Gasteiger partial charge in [-0.25, -0.2) is 0 Å². The van der Waals surface area contributed by atoms with Crippen LogP contribution in [0, 0.1) is 6.92 Å². The quantitative estimate of drug-likeness (QED) is 0.620. The fourth-order valence-electron chi connectivity index (χ4n) is 2.30. The van der Waals surface area contributed by atoms with Gasteiger partial charge in [-0.15, -0.1) is 12.4 Å². The van der Waals surface area contributed by atoms with Gasteiger partial charge in [0.05, 0.1) is 11.1 Å². The van der Waals surface area contributed by atoms with Crippen molar-refractivity contribution in [2.75, 3.05) is 13.1 Å². The van der Waals surface area contributed by atoms with Crippen LogP contribution in [0.5, 0.6) is 0 Å². The van der Waals surface area contributed by atoms with Crippen molar-refractivity contribution < 1.29 is 14.4 Å². The predicted octanol–water partition coefficient (Wildman–Crippen LogP) is 0.866. The molecule has 0 bridgehead atoms. The van der Waals surface area contributed by atoms with E-state index in [9.17, 15) is 14.4 Å². The molecule has 22 heavy (non-hydrogen) atoms. The van der Waals surface area contributed by atoms with Gasteiger partial charge in [0.25, 0.3) is 11.8 Å². The van der Waals surface area contributed by atoms with Crippen LogP contribution in [0.4, 0.5) is 0 Å². The fourth-order valence-corrected chi connectivity index (χ4v) is 2.30. The Hall–Kier alpha value is -1.92. The number of benzene rings is 1. The van der Waals surface area contributed by atoms with Crippen molar-refractivity contribution in [1.82, 2.24) is 10.2 Å². The topological polar surface area (TPSA) is 92.5 Å². The summed E-state index contributed by atoms with van der Waals surface area (Å²) in [4.78, 5) is 37.7. The maximum atomic E-state index is 12.3. The molecule has 1 unspecified atom stereocenters. The maximum Gasteiger partial charge on any atom is 0.262 e. The molecular weight excluding hydrogens is 306 g/mol. The number of nitrogens with two attached hydrogens (primary N) is 1. The van der Waals surface area contributed by atoms with Crippen molar-refractivity contribution in [3.63, 3.8) is 0 Å². The summed E-state index contributed by atoms with van der Waals surface area (Å²) in [5.41, 5.74) is 6.98. The second-order valence-corrected chi connectivity index (χ2v) is 5.14. The van der Waals surface area contributed by atoms with Gasteiger partial charge in [0.2, 0.25) is 5.91 Å². The van der Waals surface area contributed by atoms with Gasteiger partial charge in [-0.05, 0) is 38.9 Å². The van der Waals surface area contributed by atoms with E-state index < -0.39 is 17.9 Å². The molecule has 0 saturated carbocycles. The summed E-state index contributed by atoms with van der Waals surface area (Å²) in [6.45, 7) is 4.30. The predicted molar refractivity (Wildman–Crippen MR) is 85.1 cm³/mol. The lowest BCUT2D eigenvalue weighted by Gasteiger charge is -2.21. The van der Waals surface area contributed by atoms with E-state index in [2.05, 4.69) is 5.32 Å². The third kappa shape index (κ3) is 3.28. The molecule has 2 rings (SSSR count). The first-order valence-electron chi connectivity index (χ1n) is 6.93. The Morgan fingerprint density at radius 3 is 2.55 bits per heavy atom. The highest BCUT2D eigenvalue weighted by Gasteiger charge is 2.40. The number of imide groups is 1. The highest BCUT2D eigenvalue weighted by molar-refractivity contribution is 6.22. The Balaban J connectivity index is 0.00000242. The number of hydrogen-bond acceptors (Lipinski definition) is 4. The summed E-state index contributed by atoms with van der Waals surface area (Å²) in [5.74, 6) is -1.19. The van der Waals surface area contributed by atoms with Crippen LogP contribution in [-0.2, 0) is 4.79 Å². The molecule has 6 nitrogen and oxygen atoms in total. The summed E-state index contributed by atoms with van der Waals surface area (Å²) < 4.78 is 0. The van der Waals surface area contributed by atoms with Crippen molar-refractivity contribution in [3.8, 4) is 0 Å². The van der Waals surface area contributed by atoms with Crippen molar-refractivity contribution in [2.45, 2.75) is 26.3 Å². The Bertz CT molecular complexity index is 604. The lowest BCUT2D eigenvalue weighted by atomic mass is 10.1. The van der Waals surface area contributed by atoms with Gasteiger partial charge in [0, 0.05) is 6.54 Å². The van der Waals surface area contributed by atoms with Crippen LogP contribution in [0.15, 0.2) is 18.2 Å². The highest BCUT2D eigenvalue weighted by atomic mass is 35.5. The van der Waals surface area contributed by atoms with Crippen molar-refractivity contribution in [1.29, 1.82) is 0 Å². The van der Waals surface area contributed by atoms with Gasteiger partial charge < -0.3 is 11.1 Å². The molecule has 3 amide bonds. The molecule has 0 radical (unpaired) electrons. The first-order chi connectivity index (χ1) is 9.97. The minimum atomic E-state index is -0.838. The molecule has 7 heteroatoms. The monoisotopic (exact) mass is 325 g/mol. The zero-order chi connectivity index (χ0) is 15.6. The fraction of sp³-hybridized carbons (Fsp3) is 0.400. The largest absolute Gasteiger partial charge is 0.354 e. The number of hydrogen-bond donors (Lipinski definition) is 2. The van der Waals surface area contributed by atoms with Crippen LogP contribution in [0.25, 0.3) is 0 Å². The van der Waals surface area contributed by atoms with E-state index in [-0.39, 0.29) is 18.3 Å². The van der Waals surface area contributed by atoms with E-state index in [1.54, 1.807) is 25.1 Å². The summed E-state index contributed by atoms with van der Waals surface area (Å²) in [6.07, 6.45) is 0.653. The van der Waals surface area contributed by atoms with Gasteiger partial charge >= 0.3 is 0 Å². The molecule has 1 aliphatic rings. The molecule has 0 spiro atoms. The number of nitrogens with zero attached hydrogens (tertiary/aromatic N) is 1. The molecular formula is C15H20ClN3O3. The van der Waals surface area contributed by atoms with Gasteiger partial charge in [-0.1, -0.05) is 11.6 Å². The summed E-state index contributed by atoms with van der Waals surface area (Å²) in [5, 5.41) is 2.67. The standard InChI is InChI=1S/C15H19N3O3.ClH/c1-9-4-5-11-12(8-9)15(21)18(14(11)20)10(2)13(19)17-7-3-6-16;/h4-5,8,10H,3,6-7,16H2,1-2H3,(H,17,19);1H. The van der Waals surface area contributed by atoms with Crippen molar-refractivity contribution >= 4 is 30.1 Å². The van der Waals surface area contributed by atoms with Gasteiger partial charge in [0.15, 0.2) is 0 Å². The Morgan fingerprint density at radius 2 is 1.91 bits per heavy atom. The number of halogens is 1. The number of fused-ring (bicyclic) bond motifs is 1. The van der Waals surface area contributed by atoms with Gasteiger partial charge in [-0.3, -0.25) is 19.3 Å². The molecule has 1 aromatic carbocycles. The van der Waals surface area contributed by atoms with E-state index in [0.29, 0.717) is 30.6 Å². The second kappa shape index (κ2) is 7.38. The molecule has 0 saturated heterocycles. The second-order valence-electron chi connectivity index (χ2n) is 5.14. The number of rotatable bonds is 5. The number of aryl methyl sites for hydroxylation is 1. The molecule has 0 aliphatic carbocycles. The Labute approximate surface area is 135 Å². The third-order valence-corrected chi connectivity index (χ3v) is 3.52. The van der Waals surface area contributed by atoms with E-state index in [1.165, 1.54) is 0 Å². The normalized spacial score (nSPS) is 14.4. The molecule has 0 fully saturated rings. The average Bonchev–Trinajstić information content (AvgIpc) is 2.70. The summed E-state index contributed by atoms with van der Waals surface area (Å²) >= 11 is 0. The van der Waals surface area contributed by atoms with Gasteiger partial charge in [0.1, 0.15) is 6.04 Å². The SMILES string of the molecule is Cc1ccc2c(c1)C(=O)N(C(C)C(=O)NCCCN)C2=O.Cl. The average molecular weight is 326 g/mol. The number of nitrogens with one attached hydrogen (secondary N) is 1. The third-order valence-electron chi connectivity index (χ3n) is 3.52. The van der Waals surface area contributed by atoms with Crippen molar-refractivity contribution in [3.05, 3.63) is 34.9 Å². The molecule has 3 N–H and O–H groups in total. The molecule has 1 aromatic rings. The summed E-state index contributed by atoms with van der Waals surface area (Å²) in [6, 6.07) is 4.24. The highest BCUT2D eigenvalue weighted by Crippen LogP contribution is 2.25. The summed E-state index contributed by atoms with van der Waals surface area (Å²) in [7, 11) is 0. The first kappa shape index (κ1) is 18.1. The Morgan fingerprint density at radius 1 is 1.27 bits per heavy atom.